The fourth-order valence-electron chi connectivity index (χ4n) is 4.41. The van der Waals surface area contributed by atoms with Gasteiger partial charge >= 0.3 is 0 Å². The third kappa shape index (κ3) is 4.08. The van der Waals surface area contributed by atoms with Crippen LogP contribution in [-0.4, -0.2) is 33.9 Å². The van der Waals surface area contributed by atoms with Gasteiger partial charge in [0.05, 0.1) is 43.9 Å². The van der Waals surface area contributed by atoms with Crippen molar-refractivity contribution in [3.63, 3.8) is 0 Å². The van der Waals surface area contributed by atoms with Crippen LogP contribution in [0.5, 0.6) is 11.5 Å². The molecule has 1 saturated heterocycles. The van der Waals surface area contributed by atoms with E-state index in [4.69, 9.17) is 21.7 Å². The number of methoxy groups -OCH3 is 2. The molecule has 8 heteroatoms. The molecule has 0 saturated carbocycles. The molecule has 0 spiro atoms. The standard InChI is InChI=1S/C26H25N5O2S/c1-32-19-11-12-23(33-2)22(16-19)31-25(24(29-26(31)34)20-9-4-6-14-28-20)21-10-7-15-30(21)17-18-8-3-5-13-27-18/h3-16,24-25H,17H2,1-2H3,(H,29,34)/t24-,25+/m1/s1. The van der Waals surface area contributed by atoms with Crippen LogP contribution in [0.3, 0.4) is 0 Å². The molecular weight excluding hydrogens is 446 g/mol. The summed E-state index contributed by atoms with van der Waals surface area (Å²) in [4.78, 5) is 11.3. The zero-order valence-electron chi connectivity index (χ0n) is 19.0. The van der Waals surface area contributed by atoms with Crippen LogP contribution in [0.15, 0.2) is 85.3 Å². The van der Waals surface area contributed by atoms with Crippen molar-refractivity contribution in [2.45, 2.75) is 18.6 Å². The first-order chi connectivity index (χ1) is 16.7. The maximum absolute atomic E-state index is 5.88. The Bertz CT molecular complexity index is 1280. The lowest BCUT2D eigenvalue weighted by Gasteiger charge is -2.30. The summed E-state index contributed by atoms with van der Waals surface area (Å²) in [6.07, 6.45) is 5.69. The fourth-order valence-corrected chi connectivity index (χ4v) is 4.74. The number of aromatic nitrogens is 3. The topological polar surface area (TPSA) is 64.4 Å². The Labute approximate surface area is 204 Å². The fraction of sp³-hybridized carbons (Fsp3) is 0.192. The minimum absolute atomic E-state index is 0.165. The summed E-state index contributed by atoms with van der Waals surface area (Å²) < 4.78 is 13.4. The lowest BCUT2D eigenvalue weighted by molar-refractivity contribution is 0.402. The molecule has 1 aromatic carbocycles. The van der Waals surface area contributed by atoms with E-state index >= 15 is 0 Å². The smallest absolute Gasteiger partial charge is 0.174 e. The van der Waals surface area contributed by atoms with Crippen molar-refractivity contribution in [2.24, 2.45) is 0 Å². The van der Waals surface area contributed by atoms with Crippen molar-refractivity contribution in [3.05, 3.63) is 102 Å². The highest BCUT2D eigenvalue weighted by Gasteiger charge is 2.43. The molecule has 0 amide bonds. The van der Waals surface area contributed by atoms with Crippen LogP contribution < -0.4 is 19.7 Å². The van der Waals surface area contributed by atoms with Crippen molar-refractivity contribution < 1.29 is 9.47 Å². The zero-order valence-corrected chi connectivity index (χ0v) is 19.8. The first kappa shape index (κ1) is 21.9. The summed E-state index contributed by atoms with van der Waals surface area (Å²) in [6.45, 7) is 0.643. The molecule has 0 unspecified atom stereocenters. The van der Waals surface area contributed by atoms with Crippen LogP contribution in [0.1, 0.15) is 29.2 Å². The molecule has 1 fully saturated rings. The van der Waals surface area contributed by atoms with Crippen LogP contribution in [0.2, 0.25) is 0 Å². The maximum Gasteiger partial charge on any atom is 0.174 e. The van der Waals surface area contributed by atoms with Gasteiger partial charge in [-0.3, -0.25) is 9.97 Å². The Morgan fingerprint density at radius 3 is 2.47 bits per heavy atom. The van der Waals surface area contributed by atoms with E-state index in [-0.39, 0.29) is 12.1 Å². The molecule has 0 bridgehead atoms. The number of nitrogens with zero attached hydrogens (tertiary/aromatic N) is 4. The number of pyridine rings is 2. The van der Waals surface area contributed by atoms with E-state index in [1.54, 1.807) is 20.4 Å². The van der Waals surface area contributed by atoms with Crippen LogP contribution in [0, 0.1) is 0 Å². The highest BCUT2D eigenvalue weighted by molar-refractivity contribution is 7.80. The van der Waals surface area contributed by atoms with Gasteiger partial charge in [-0.25, -0.2) is 0 Å². The second kappa shape index (κ2) is 9.52. The molecular formula is C26H25N5O2S. The first-order valence-corrected chi connectivity index (χ1v) is 11.4. The maximum atomic E-state index is 5.88. The average Bonchev–Trinajstić information content (AvgIpc) is 3.48. The van der Waals surface area contributed by atoms with Gasteiger partial charge in [0.25, 0.3) is 0 Å². The summed E-state index contributed by atoms with van der Waals surface area (Å²) in [5, 5.41) is 4.10. The van der Waals surface area contributed by atoms with E-state index in [2.05, 4.69) is 43.1 Å². The van der Waals surface area contributed by atoms with E-state index in [1.807, 2.05) is 60.8 Å². The van der Waals surface area contributed by atoms with Gasteiger partial charge in [-0.15, -0.1) is 0 Å². The molecule has 4 aromatic rings. The van der Waals surface area contributed by atoms with Crippen molar-refractivity contribution in [1.29, 1.82) is 0 Å². The van der Waals surface area contributed by atoms with E-state index in [0.717, 1.165) is 28.5 Å². The predicted octanol–water partition coefficient (Wildman–Crippen LogP) is 4.52. The number of rotatable bonds is 7. The summed E-state index contributed by atoms with van der Waals surface area (Å²) in [5.41, 5.74) is 3.80. The molecule has 0 aliphatic carbocycles. The molecule has 34 heavy (non-hydrogen) atoms. The summed E-state index contributed by atoms with van der Waals surface area (Å²) >= 11 is 5.88. The van der Waals surface area contributed by atoms with Crippen molar-refractivity contribution >= 4 is 23.0 Å². The van der Waals surface area contributed by atoms with Gasteiger partial charge in [-0.05, 0) is 60.7 Å². The summed E-state index contributed by atoms with van der Waals surface area (Å²) in [7, 11) is 3.31. The van der Waals surface area contributed by atoms with E-state index < -0.39 is 0 Å². The van der Waals surface area contributed by atoms with E-state index in [0.29, 0.717) is 17.4 Å². The highest BCUT2D eigenvalue weighted by atomic mass is 32.1. The SMILES string of the molecule is COc1ccc(OC)c(N2C(=S)N[C@H](c3ccccn3)[C@@H]2c2cccn2Cc2ccccn2)c1. The molecule has 1 aliphatic rings. The molecule has 172 valence electrons. The van der Waals surface area contributed by atoms with Crippen LogP contribution in [-0.2, 0) is 6.54 Å². The summed E-state index contributed by atoms with van der Waals surface area (Å²) in [6, 6.07) is 21.4. The van der Waals surface area contributed by atoms with Gasteiger partial charge in [0.2, 0.25) is 0 Å². The number of nitrogens with one attached hydrogen (secondary N) is 1. The molecule has 0 radical (unpaired) electrons. The quantitative estimate of drug-likeness (QED) is 0.398. The Kier molecular flexibility index (Phi) is 6.14. The van der Waals surface area contributed by atoms with Gasteiger partial charge < -0.3 is 24.3 Å². The average molecular weight is 472 g/mol. The van der Waals surface area contributed by atoms with Crippen LogP contribution in [0.4, 0.5) is 5.69 Å². The number of hydrogen-bond donors (Lipinski definition) is 1. The lowest BCUT2D eigenvalue weighted by Crippen LogP contribution is -2.31. The number of thiocarbonyl (C=S) groups is 1. The third-order valence-electron chi connectivity index (χ3n) is 5.97. The zero-order chi connectivity index (χ0) is 23.5. The Hall–Kier alpha value is -3.91. The number of hydrogen-bond acceptors (Lipinski definition) is 5. The molecule has 1 aliphatic heterocycles. The minimum Gasteiger partial charge on any atom is -0.497 e. The number of benzene rings is 1. The van der Waals surface area contributed by atoms with Gasteiger partial charge in [0.15, 0.2) is 5.11 Å². The molecule has 7 nitrogen and oxygen atoms in total. The number of anilines is 1. The predicted molar refractivity (Wildman–Crippen MR) is 135 cm³/mol. The lowest BCUT2D eigenvalue weighted by atomic mass is 10.0. The van der Waals surface area contributed by atoms with Gasteiger partial charge in [-0.1, -0.05) is 12.1 Å². The number of ether oxygens (including phenoxy) is 2. The first-order valence-electron chi connectivity index (χ1n) is 11.0. The Balaban J connectivity index is 1.64. The second-order valence-electron chi connectivity index (χ2n) is 7.92. The normalized spacial score (nSPS) is 17.5. The van der Waals surface area contributed by atoms with E-state index in [9.17, 15) is 0 Å². The monoisotopic (exact) mass is 471 g/mol. The van der Waals surface area contributed by atoms with Crippen molar-refractivity contribution in [2.75, 3.05) is 19.1 Å². The Morgan fingerprint density at radius 2 is 1.76 bits per heavy atom. The Morgan fingerprint density at radius 1 is 0.941 bits per heavy atom. The van der Waals surface area contributed by atoms with E-state index in [1.165, 1.54) is 0 Å². The molecule has 2 atom stereocenters. The van der Waals surface area contributed by atoms with Gasteiger partial charge in [0, 0.05) is 30.4 Å². The van der Waals surface area contributed by atoms with Gasteiger partial charge in [-0.2, -0.15) is 0 Å². The largest absolute Gasteiger partial charge is 0.497 e. The third-order valence-corrected chi connectivity index (χ3v) is 6.28. The molecule has 5 rings (SSSR count). The summed E-state index contributed by atoms with van der Waals surface area (Å²) in [5.74, 6) is 1.43. The minimum atomic E-state index is -0.179. The van der Waals surface area contributed by atoms with Gasteiger partial charge in [0.1, 0.15) is 17.5 Å². The van der Waals surface area contributed by atoms with Crippen molar-refractivity contribution in [3.8, 4) is 11.5 Å². The van der Waals surface area contributed by atoms with Crippen LogP contribution in [0.25, 0.3) is 0 Å². The molecule has 1 N–H and O–H groups in total. The second-order valence-corrected chi connectivity index (χ2v) is 8.30. The molecule has 3 aromatic heterocycles. The van der Waals surface area contributed by atoms with Crippen molar-refractivity contribution in [1.82, 2.24) is 19.9 Å². The highest BCUT2D eigenvalue weighted by Crippen LogP contribution is 2.45. The molecule has 4 heterocycles. The van der Waals surface area contributed by atoms with Crippen LogP contribution >= 0.6 is 12.2 Å².